The summed E-state index contributed by atoms with van der Waals surface area (Å²) in [6.07, 6.45) is 1.87. The topological polar surface area (TPSA) is 77.1 Å². The van der Waals surface area contributed by atoms with Crippen molar-refractivity contribution in [2.75, 3.05) is 0 Å². The molecule has 0 aliphatic carbocycles. The Labute approximate surface area is 129 Å². The van der Waals surface area contributed by atoms with Gasteiger partial charge in [-0.15, -0.1) is 0 Å². The van der Waals surface area contributed by atoms with Gasteiger partial charge in [0.15, 0.2) is 0 Å². The molecule has 0 unspecified atom stereocenters. The molecule has 110 valence electrons. The van der Waals surface area contributed by atoms with Gasteiger partial charge in [-0.2, -0.15) is 5.10 Å². The molecule has 1 atom stereocenters. The van der Waals surface area contributed by atoms with Crippen molar-refractivity contribution in [3.8, 4) is 0 Å². The summed E-state index contributed by atoms with van der Waals surface area (Å²) in [7, 11) is 0. The second-order valence-corrected chi connectivity index (χ2v) is 6.01. The van der Waals surface area contributed by atoms with Crippen molar-refractivity contribution in [3.05, 3.63) is 50.6 Å². The monoisotopic (exact) mass is 351 g/mol. The highest BCUT2D eigenvalue weighted by Gasteiger charge is 2.30. The summed E-state index contributed by atoms with van der Waals surface area (Å²) >= 11 is 3.36. The Kier molecular flexibility index (Phi) is 3.67. The molecule has 0 fully saturated rings. The van der Waals surface area contributed by atoms with Crippen LogP contribution in [0.1, 0.15) is 30.3 Å². The lowest BCUT2D eigenvalue weighted by atomic mass is 10.1. The molecule has 2 heterocycles. The highest BCUT2D eigenvalue weighted by atomic mass is 79.9. The second-order valence-electron chi connectivity index (χ2n) is 5.10. The molecule has 1 aliphatic rings. The van der Waals surface area contributed by atoms with Crippen LogP contribution in [0.5, 0.6) is 0 Å². The zero-order chi connectivity index (χ0) is 15.0. The highest BCUT2D eigenvalue weighted by molar-refractivity contribution is 9.10. The quantitative estimate of drug-likeness (QED) is 0.914. The van der Waals surface area contributed by atoms with E-state index in [0.29, 0.717) is 25.2 Å². The first-order valence-corrected chi connectivity index (χ1v) is 7.51. The molecule has 0 bridgehead atoms. The van der Waals surface area contributed by atoms with E-state index < -0.39 is 12.0 Å². The molecule has 0 saturated heterocycles. The van der Waals surface area contributed by atoms with Crippen LogP contribution in [0.4, 0.5) is 0 Å². The molecule has 2 aromatic rings. The van der Waals surface area contributed by atoms with Gasteiger partial charge in [-0.1, -0.05) is 28.1 Å². The maximum atomic E-state index is 12.4. The summed E-state index contributed by atoms with van der Waals surface area (Å²) in [5.74, 6) is -0.406. The number of carboxylic acids is 1. The third kappa shape index (κ3) is 2.65. The van der Waals surface area contributed by atoms with Crippen molar-refractivity contribution in [1.29, 1.82) is 0 Å². The first-order valence-electron chi connectivity index (χ1n) is 6.72. The minimum atomic E-state index is -0.971. The Morgan fingerprint density at radius 3 is 2.76 bits per heavy atom. The molecule has 1 aromatic heterocycles. The number of hydrogen-bond acceptors (Lipinski definition) is 3. The molecule has 1 aromatic carbocycles. The van der Waals surface area contributed by atoms with E-state index in [2.05, 4.69) is 21.0 Å². The summed E-state index contributed by atoms with van der Waals surface area (Å²) in [5.41, 5.74) is 0.600. The van der Waals surface area contributed by atoms with Crippen molar-refractivity contribution in [2.45, 2.75) is 31.8 Å². The standard InChI is InChI=1S/C14H14BrN3O3/c15-10-6-4-9(5-7-10)8-17-14(21)18-11(13(19)20)2-1-3-12(18)16-17/h4-7,11H,1-3,8H2,(H,19,20)/t11-/m0/s1. The summed E-state index contributed by atoms with van der Waals surface area (Å²) in [6.45, 7) is 0.346. The molecule has 0 spiro atoms. The van der Waals surface area contributed by atoms with Gasteiger partial charge in [0.05, 0.1) is 6.54 Å². The summed E-state index contributed by atoms with van der Waals surface area (Å²) in [5, 5.41) is 13.5. The molecule has 1 N–H and O–H groups in total. The Balaban J connectivity index is 1.96. The van der Waals surface area contributed by atoms with Gasteiger partial charge in [-0.3, -0.25) is 4.57 Å². The molecule has 7 heteroatoms. The Hall–Kier alpha value is -1.89. The molecule has 21 heavy (non-hydrogen) atoms. The average molecular weight is 352 g/mol. The van der Waals surface area contributed by atoms with Crippen LogP contribution in [-0.4, -0.2) is 25.4 Å². The number of fused-ring (bicyclic) bond motifs is 1. The van der Waals surface area contributed by atoms with Gasteiger partial charge in [-0.05, 0) is 30.5 Å². The number of aliphatic carboxylic acids is 1. The third-order valence-electron chi connectivity index (χ3n) is 3.66. The van der Waals surface area contributed by atoms with Crippen molar-refractivity contribution >= 4 is 21.9 Å². The van der Waals surface area contributed by atoms with E-state index in [-0.39, 0.29) is 5.69 Å². The Morgan fingerprint density at radius 2 is 2.10 bits per heavy atom. The smallest absolute Gasteiger partial charge is 0.347 e. The number of aryl methyl sites for hydroxylation is 1. The van der Waals surface area contributed by atoms with Crippen LogP contribution in [-0.2, 0) is 17.8 Å². The van der Waals surface area contributed by atoms with Crippen molar-refractivity contribution in [3.63, 3.8) is 0 Å². The average Bonchev–Trinajstić information content (AvgIpc) is 2.78. The number of hydrogen-bond donors (Lipinski definition) is 1. The minimum absolute atomic E-state index is 0.346. The molecule has 0 saturated carbocycles. The lowest BCUT2D eigenvalue weighted by molar-refractivity contribution is -0.141. The zero-order valence-corrected chi connectivity index (χ0v) is 12.8. The van der Waals surface area contributed by atoms with Gasteiger partial charge in [0.1, 0.15) is 11.9 Å². The number of nitrogens with zero attached hydrogens (tertiary/aromatic N) is 3. The first-order chi connectivity index (χ1) is 10.1. The summed E-state index contributed by atoms with van der Waals surface area (Å²) in [4.78, 5) is 23.7. The van der Waals surface area contributed by atoms with Crippen molar-refractivity contribution in [2.24, 2.45) is 0 Å². The third-order valence-corrected chi connectivity index (χ3v) is 4.19. The maximum absolute atomic E-state index is 12.4. The predicted molar refractivity (Wildman–Crippen MR) is 79.3 cm³/mol. The van der Waals surface area contributed by atoms with Crippen LogP contribution < -0.4 is 5.69 Å². The summed E-state index contributed by atoms with van der Waals surface area (Å²) in [6, 6.07) is 6.82. The van der Waals surface area contributed by atoms with Crippen LogP contribution in [0, 0.1) is 0 Å². The normalized spacial score (nSPS) is 17.5. The lowest BCUT2D eigenvalue weighted by Gasteiger charge is -2.19. The molecule has 0 radical (unpaired) electrons. The fraction of sp³-hybridized carbons (Fsp3) is 0.357. The minimum Gasteiger partial charge on any atom is -0.480 e. The van der Waals surface area contributed by atoms with Crippen molar-refractivity contribution < 1.29 is 9.90 Å². The van der Waals surface area contributed by atoms with Gasteiger partial charge in [-0.25, -0.2) is 14.3 Å². The molecular weight excluding hydrogens is 338 g/mol. The Morgan fingerprint density at radius 1 is 1.38 bits per heavy atom. The number of carboxylic acid groups (broad SMARTS) is 1. The number of benzene rings is 1. The van der Waals surface area contributed by atoms with Crippen LogP contribution >= 0.6 is 15.9 Å². The largest absolute Gasteiger partial charge is 0.480 e. The van der Waals surface area contributed by atoms with Crippen LogP contribution in [0.2, 0.25) is 0 Å². The number of halogens is 1. The molecule has 1 aliphatic heterocycles. The maximum Gasteiger partial charge on any atom is 0.347 e. The van der Waals surface area contributed by atoms with Gasteiger partial charge in [0.2, 0.25) is 0 Å². The highest BCUT2D eigenvalue weighted by Crippen LogP contribution is 2.22. The second kappa shape index (κ2) is 5.48. The SMILES string of the molecule is O=C(O)[C@@H]1CCCc2nn(Cc3ccc(Br)cc3)c(=O)n21. The number of rotatable bonds is 3. The number of aromatic nitrogens is 3. The molecule has 3 rings (SSSR count). The van der Waals surface area contributed by atoms with E-state index in [1.165, 1.54) is 9.25 Å². The fourth-order valence-corrected chi connectivity index (χ4v) is 2.90. The van der Waals surface area contributed by atoms with Crippen LogP contribution in [0.15, 0.2) is 33.5 Å². The fourth-order valence-electron chi connectivity index (χ4n) is 2.63. The number of carbonyl (C=O) groups is 1. The van der Waals surface area contributed by atoms with Gasteiger partial charge in [0, 0.05) is 10.9 Å². The summed E-state index contributed by atoms with van der Waals surface area (Å²) < 4.78 is 3.64. The molecular formula is C14H14BrN3O3. The lowest BCUT2D eigenvalue weighted by Crippen LogP contribution is -2.34. The molecule has 6 nitrogen and oxygen atoms in total. The van der Waals surface area contributed by atoms with E-state index in [9.17, 15) is 14.7 Å². The molecule has 0 amide bonds. The van der Waals surface area contributed by atoms with E-state index in [0.717, 1.165) is 16.5 Å². The Bertz CT molecular complexity index is 733. The van der Waals surface area contributed by atoms with E-state index in [1.807, 2.05) is 24.3 Å². The van der Waals surface area contributed by atoms with Gasteiger partial charge >= 0.3 is 11.7 Å². The van der Waals surface area contributed by atoms with Crippen LogP contribution in [0.25, 0.3) is 0 Å². The first kappa shape index (κ1) is 14.1. The van der Waals surface area contributed by atoms with Gasteiger partial charge in [0.25, 0.3) is 0 Å². The van der Waals surface area contributed by atoms with Crippen molar-refractivity contribution in [1.82, 2.24) is 14.3 Å². The van der Waals surface area contributed by atoms with E-state index in [1.54, 1.807) is 0 Å². The zero-order valence-electron chi connectivity index (χ0n) is 11.2. The van der Waals surface area contributed by atoms with Gasteiger partial charge < -0.3 is 5.11 Å². The van der Waals surface area contributed by atoms with E-state index in [4.69, 9.17) is 0 Å². The van der Waals surface area contributed by atoms with E-state index >= 15 is 0 Å². The predicted octanol–water partition coefficient (Wildman–Crippen LogP) is 1.82. The van der Waals surface area contributed by atoms with Crippen LogP contribution in [0.3, 0.4) is 0 Å².